The summed E-state index contributed by atoms with van der Waals surface area (Å²) in [4.78, 5) is 16.9. The fourth-order valence-electron chi connectivity index (χ4n) is 2.23. The van der Waals surface area contributed by atoms with E-state index in [0.717, 1.165) is 12.1 Å². The monoisotopic (exact) mass is 268 g/mol. The van der Waals surface area contributed by atoms with Crippen molar-refractivity contribution < 1.29 is 13.6 Å². The molecule has 0 aliphatic carbocycles. The maximum atomic E-state index is 13.7. The highest BCUT2D eigenvalue weighted by Crippen LogP contribution is 2.28. The molecule has 1 unspecified atom stereocenters. The van der Waals surface area contributed by atoms with Crippen LogP contribution in [0.1, 0.15) is 12.8 Å². The highest BCUT2D eigenvalue weighted by Gasteiger charge is 2.32. The normalized spacial score (nSPS) is 18.4. The van der Waals surface area contributed by atoms with Gasteiger partial charge in [0.1, 0.15) is 17.7 Å². The highest BCUT2D eigenvalue weighted by atomic mass is 19.1. The summed E-state index contributed by atoms with van der Waals surface area (Å²) < 4.78 is 26.6. The Balaban J connectivity index is 2.28. The number of carbonyl (C=O) groups excluding carboxylic acids is 1. The number of nitrogens with two attached hydrogens (primary N) is 2. The zero-order valence-corrected chi connectivity index (χ0v) is 10.1. The summed E-state index contributed by atoms with van der Waals surface area (Å²) >= 11 is 0. The minimum absolute atomic E-state index is 0.183. The highest BCUT2D eigenvalue weighted by molar-refractivity contribution is 5.96. The molecule has 1 saturated heterocycles. The van der Waals surface area contributed by atoms with E-state index in [-0.39, 0.29) is 11.6 Å². The topological polar surface area (TPSA) is 84.7 Å². The van der Waals surface area contributed by atoms with Crippen molar-refractivity contribution in [2.75, 3.05) is 11.4 Å². The Labute approximate surface area is 108 Å². The van der Waals surface area contributed by atoms with Crippen LogP contribution in [-0.4, -0.2) is 24.5 Å². The first-order valence-corrected chi connectivity index (χ1v) is 5.84. The number of hydrogen-bond donors (Lipinski definition) is 2. The number of guanidine groups is 1. The van der Waals surface area contributed by atoms with Gasteiger partial charge in [-0.25, -0.2) is 8.78 Å². The second-order valence-electron chi connectivity index (χ2n) is 4.32. The molecule has 1 heterocycles. The summed E-state index contributed by atoms with van der Waals surface area (Å²) in [5.74, 6) is -2.20. The molecule has 2 rings (SSSR count). The van der Waals surface area contributed by atoms with Crippen LogP contribution in [-0.2, 0) is 4.79 Å². The number of halogens is 2. The van der Waals surface area contributed by atoms with Crippen LogP contribution < -0.4 is 16.4 Å². The molecule has 0 spiro atoms. The number of hydrogen-bond acceptors (Lipinski definition) is 2. The summed E-state index contributed by atoms with van der Waals surface area (Å²) in [5, 5.41) is 0. The molecule has 1 amide bonds. The molecule has 0 radical (unpaired) electrons. The Morgan fingerprint density at radius 2 is 2.11 bits per heavy atom. The standard InChI is InChI=1S/C12H14F2N4O/c13-7-3-4-9(8(14)6-7)18-5-1-2-10(18)11(19)17-12(15)16/h3-4,6,10H,1-2,5H2,(H4,15,16,17,19). The smallest absolute Gasteiger partial charge is 0.271 e. The van der Waals surface area contributed by atoms with Gasteiger partial charge in [0.15, 0.2) is 5.96 Å². The molecule has 102 valence electrons. The van der Waals surface area contributed by atoms with Crippen molar-refractivity contribution in [2.24, 2.45) is 16.5 Å². The van der Waals surface area contributed by atoms with E-state index in [9.17, 15) is 13.6 Å². The van der Waals surface area contributed by atoms with Gasteiger partial charge in [0.2, 0.25) is 0 Å². The third-order valence-corrected chi connectivity index (χ3v) is 3.00. The summed E-state index contributed by atoms with van der Waals surface area (Å²) in [6.07, 6.45) is 1.25. The van der Waals surface area contributed by atoms with E-state index in [1.165, 1.54) is 6.07 Å². The van der Waals surface area contributed by atoms with Crippen LogP contribution in [0.2, 0.25) is 0 Å². The summed E-state index contributed by atoms with van der Waals surface area (Å²) in [5.41, 5.74) is 10.5. The molecule has 4 N–H and O–H groups in total. The molecule has 0 saturated carbocycles. The van der Waals surface area contributed by atoms with Crippen LogP contribution in [0.4, 0.5) is 14.5 Å². The fraction of sp³-hybridized carbons (Fsp3) is 0.333. The Morgan fingerprint density at radius 3 is 2.74 bits per heavy atom. The average Bonchev–Trinajstić information content (AvgIpc) is 2.76. The lowest BCUT2D eigenvalue weighted by Crippen LogP contribution is -2.37. The van der Waals surface area contributed by atoms with E-state index in [1.807, 2.05) is 0 Å². The summed E-state index contributed by atoms with van der Waals surface area (Å²) in [6, 6.07) is 2.64. The van der Waals surface area contributed by atoms with Gasteiger partial charge in [-0.2, -0.15) is 4.99 Å². The molecule has 1 aliphatic rings. The molecule has 1 aromatic rings. The summed E-state index contributed by atoms with van der Waals surface area (Å²) in [7, 11) is 0. The van der Waals surface area contributed by atoms with E-state index in [1.54, 1.807) is 4.90 Å². The second-order valence-corrected chi connectivity index (χ2v) is 4.32. The Hall–Kier alpha value is -2.18. The maximum absolute atomic E-state index is 13.7. The van der Waals surface area contributed by atoms with Crippen molar-refractivity contribution in [3.8, 4) is 0 Å². The fourth-order valence-corrected chi connectivity index (χ4v) is 2.23. The minimum Gasteiger partial charge on any atom is -0.370 e. The van der Waals surface area contributed by atoms with Crippen LogP contribution in [0.5, 0.6) is 0 Å². The van der Waals surface area contributed by atoms with Gasteiger partial charge in [0, 0.05) is 12.6 Å². The van der Waals surface area contributed by atoms with E-state index < -0.39 is 23.6 Å². The number of benzene rings is 1. The molecule has 19 heavy (non-hydrogen) atoms. The lowest BCUT2D eigenvalue weighted by atomic mass is 10.2. The lowest BCUT2D eigenvalue weighted by Gasteiger charge is -2.24. The van der Waals surface area contributed by atoms with E-state index in [2.05, 4.69) is 4.99 Å². The number of amides is 1. The first-order chi connectivity index (χ1) is 8.99. The molecule has 1 atom stereocenters. The van der Waals surface area contributed by atoms with Gasteiger partial charge in [-0.15, -0.1) is 0 Å². The molecule has 5 nitrogen and oxygen atoms in total. The molecule has 1 aliphatic heterocycles. The van der Waals surface area contributed by atoms with Gasteiger partial charge in [-0.05, 0) is 25.0 Å². The van der Waals surface area contributed by atoms with Crippen molar-refractivity contribution in [3.05, 3.63) is 29.8 Å². The molecule has 7 heteroatoms. The van der Waals surface area contributed by atoms with Crippen LogP contribution in [0.3, 0.4) is 0 Å². The SMILES string of the molecule is NC(N)=NC(=O)C1CCCN1c1ccc(F)cc1F. The first kappa shape index (κ1) is 13.3. The Bertz CT molecular complexity index is 528. The van der Waals surface area contributed by atoms with Gasteiger partial charge in [0.25, 0.3) is 5.91 Å². The van der Waals surface area contributed by atoms with Gasteiger partial charge in [0.05, 0.1) is 5.69 Å². The number of aliphatic imine (C=N–C) groups is 1. The number of rotatable bonds is 2. The van der Waals surface area contributed by atoms with Crippen molar-refractivity contribution in [2.45, 2.75) is 18.9 Å². The van der Waals surface area contributed by atoms with Crippen molar-refractivity contribution in [3.63, 3.8) is 0 Å². The minimum atomic E-state index is -0.704. The van der Waals surface area contributed by atoms with Gasteiger partial charge >= 0.3 is 0 Å². The molecule has 1 aromatic carbocycles. The molecule has 0 aromatic heterocycles. The van der Waals surface area contributed by atoms with Gasteiger partial charge in [-0.1, -0.05) is 0 Å². The van der Waals surface area contributed by atoms with Crippen LogP contribution in [0.15, 0.2) is 23.2 Å². The van der Waals surface area contributed by atoms with E-state index in [4.69, 9.17) is 11.5 Å². The van der Waals surface area contributed by atoms with E-state index in [0.29, 0.717) is 19.4 Å². The largest absolute Gasteiger partial charge is 0.370 e. The zero-order chi connectivity index (χ0) is 14.0. The predicted octanol–water partition coefficient (Wildman–Crippen LogP) is 0.734. The average molecular weight is 268 g/mol. The first-order valence-electron chi connectivity index (χ1n) is 5.84. The molecule has 0 bridgehead atoms. The molecular weight excluding hydrogens is 254 g/mol. The third-order valence-electron chi connectivity index (χ3n) is 3.00. The molecule has 1 fully saturated rings. The lowest BCUT2D eigenvalue weighted by molar-refractivity contribution is -0.118. The second kappa shape index (κ2) is 5.21. The molecular formula is C12H14F2N4O. The van der Waals surface area contributed by atoms with Crippen molar-refractivity contribution in [1.29, 1.82) is 0 Å². The van der Waals surface area contributed by atoms with E-state index >= 15 is 0 Å². The van der Waals surface area contributed by atoms with Gasteiger partial charge in [-0.3, -0.25) is 4.79 Å². The van der Waals surface area contributed by atoms with Crippen molar-refractivity contribution >= 4 is 17.6 Å². The van der Waals surface area contributed by atoms with Crippen LogP contribution in [0.25, 0.3) is 0 Å². The Morgan fingerprint density at radius 1 is 1.37 bits per heavy atom. The quantitative estimate of drug-likeness (QED) is 0.612. The maximum Gasteiger partial charge on any atom is 0.271 e. The third kappa shape index (κ3) is 2.81. The predicted molar refractivity (Wildman–Crippen MR) is 67.5 cm³/mol. The zero-order valence-electron chi connectivity index (χ0n) is 10.1. The number of anilines is 1. The summed E-state index contributed by atoms with van der Waals surface area (Å²) in [6.45, 7) is 0.499. The van der Waals surface area contributed by atoms with Gasteiger partial charge < -0.3 is 16.4 Å². The van der Waals surface area contributed by atoms with Crippen molar-refractivity contribution in [1.82, 2.24) is 0 Å². The Kier molecular flexibility index (Phi) is 3.64. The number of nitrogens with zero attached hydrogens (tertiary/aromatic N) is 2. The van der Waals surface area contributed by atoms with Crippen LogP contribution in [0, 0.1) is 11.6 Å². The number of carbonyl (C=O) groups is 1. The van der Waals surface area contributed by atoms with Crippen LogP contribution >= 0.6 is 0 Å².